The zero-order valence-corrected chi connectivity index (χ0v) is 10.1. The lowest BCUT2D eigenvalue weighted by Crippen LogP contribution is -2.00. The van der Waals surface area contributed by atoms with E-state index in [1.54, 1.807) is 6.07 Å². The van der Waals surface area contributed by atoms with Crippen LogP contribution in [-0.2, 0) is 17.8 Å². The van der Waals surface area contributed by atoms with E-state index in [0.29, 0.717) is 17.7 Å². The quantitative estimate of drug-likeness (QED) is 0.877. The Morgan fingerprint density at radius 2 is 2.33 bits per heavy atom. The van der Waals surface area contributed by atoms with Gasteiger partial charge in [-0.05, 0) is 6.07 Å². The van der Waals surface area contributed by atoms with Crippen molar-refractivity contribution in [2.75, 3.05) is 7.11 Å². The fourth-order valence-electron chi connectivity index (χ4n) is 1.67. The number of rotatable bonds is 5. The molecule has 0 aromatic carbocycles. The van der Waals surface area contributed by atoms with Crippen molar-refractivity contribution < 1.29 is 23.5 Å². The summed E-state index contributed by atoms with van der Waals surface area (Å²) in [6.07, 6.45) is 2.20. The van der Waals surface area contributed by atoms with Crippen LogP contribution in [0, 0.1) is 0 Å². The second-order valence-corrected chi connectivity index (χ2v) is 3.64. The average molecular weight is 251 g/mol. The van der Waals surface area contributed by atoms with E-state index in [2.05, 4.69) is 4.98 Å². The molecule has 18 heavy (non-hydrogen) atoms. The number of carboxylic acids is 1. The number of methoxy groups -OCH3 is 1. The monoisotopic (exact) mass is 251 g/mol. The molecular formula is C12H13NO5. The Bertz CT molecular complexity index is 555. The van der Waals surface area contributed by atoms with Crippen molar-refractivity contribution in [2.45, 2.75) is 20.0 Å². The standard InChI is InChI=1S/C12H13NO5/c1-3-9-7(4-5-17-9)11-13-8(6-16-2)10(18-11)12(14)15/h4-5H,3,6H2,1-2H3,(H,14,15). The SMILES string of the molecule is CCc1occc1-c1nc(COC)c(C(=O)O)o1. The Balaban J connectivity index is 2.46. The molecule has 0 bridgehead atoms. The minimum Gasteiger partial charge on any atom is -0.475 e. The van der Waals surface area contributed by atoms with Gasteiger partial charge in [0.1, 0.15) is 11.5 Å². The minimum atomic E-state index is -1.16. The minimum absolute atomic E-state index is 0.0877. The van der Waals surface area contributed by atoms with Crippen LogP contribution in [0.1, 0.15) is 28.9 Å². The maximum absolute atomic E-state index is 11.0. The van der Waals surface area contributed by atoms with Crippen LogP contribution in [-0.4, -0.2) is 23.2 Å². The maximum atomic E-state index is 11.0. The molecule has 0 amide bonds. The summed E-state index contributed by atoms with van der Waals surface area (Å²) in [5.74, 6) is -0.417. The van der Waals surface area contributed by atoms with Gasteiger partial charge in [0, 0.05) is 13.5 Å². The van der Waals surface area contributed by atoms with Gasteiger partial charge in [0.2, 0.25) is 11.7 Å². The summed E-state index contributed by atoms with van der Waals surface area (Å²) in [5.41, 5.74) is 0.936. The third kappa shape index (κ3) is 2.14. The Morgan fingerprint density at radius 1 is 1.56 bits per heavy atom. The predicted octanol–water partition coefficient (Wildman–Crippen LogP) is 2.34. The number of ether oxygens (including phenoxy) is 1. The third-order valence-electron chi connectivity index (χ3n) is 2.47. The number of hydrogen-bond donors (Lipinski definition) is 1. The van der Waals surface area contributed by atoms with E-state index < -0.39 is 5.97 Å². The van der Waals surface area contributed by atoms with Gasteiger partial charge in [-0.15, -0.1) is 0 Å². The number of oxazole rings is 1. The van der Waals surface area contributed by atoms with E-state index in [9.17, 15) is 4.79 Å². The summed E-state index contributed by atoms with van der Waals surface area (Å²) in [4.78, 5) is 15.2. The summed E-state index contributed by atoms with van der Waals surface area (Å²) >= 11 is 0. The van der Waals surface area contributed by atoms with Gasteiger partial charge in [-0.2, -0.15) is 0 Å². The molecule has 0 radical (unpaired) electrons. The largest absolute Gasteiger partial charge is 0.475 e. The first kappa shape index (κ1) is 12.4. The smallest absolute Gasteiger partial charge is 0.373 e. The molecule has 2 heterocycles. The Labute approximate surface area is 103 Å². The van der Waals surface area contributed by atoms with E-state index in [1.165, 1.54) is 13.4 Å². The topological polar surface area (TPSA) is 85.7 Å². The van der Waals surface area contributed by atoms with Crippen LogP contribution in [0.4, 0.5) is 0 Å². The lowest BCUT2D eigenvalue weighted by molar-refractivity contribution is 0.0656. The van der Waals surface area contributed by atoms with Crippen LogP contribution in [0.15, 0.2) is 21.2 Å². The van der Waals surface area contributed by atoms with Crippen LogP contribution in [0.2, 0.25) is 0 Å². The van der Waals surface area contributed by atoms with Gasteiger partial charge in [0.25, 0.3) is 0 Å². The third-order valence-corrected chi connectivity index (χ3v) is 2.47. The molecule has 0 aliphatic rings. The molecule has 96 valence electrons. The first-order chi connectivity index (χ1) is 8.67. The lowest BCUT2D eigenvalue weighted by atomic mass is 10.2. The number of hydrogen-bond acceptors (Lipinski definition) is 5. The number of carboxylic acid groups (broad SMARTS) is 1. The molecule has 0 aliphatic carbocycles. The Morgan fingerprint density at radius 3 is 2.94 bits per heavy atom. The fraction of sp³-hybridized carbons (Fsp3) is 0.333. The lowest BCUT2D eigenvalue weighted by Gasteiger charge is -1.93. The number of carbonyl (C=O) groups is 1. The average Bonchev–Trinajstić information content (AvgIpc) is 2.94. The molecule has 0 fully saturated rings. The van der Waals surface area contributed by atoms with Gasteiger partial charge >= 0.3 is 5.97 Å². The summed E-state index contributed by atoms with van der Waals surface area (Å²) in [7, 11) is 1.47. The van der Waals surface area contributed by atoms with Crippen molar-refractivity contribution in [3.05, 3.63) is 29.5 Å². The van der Waals surface area contributed by atoms with Crippen LogP contribution < -0.4 is 0 Å². The van der Waals surface area contributed by atoms with Crippen LogP contribution in [0.5, 0.6) is 0 Å². The van der Waals surface area contributed by atoms with Crippen molar-refractivity contribution in [1.29, 1.82) is 0 Å². The second-order valence-electron chi connectivity index (χ2n) is 3.64. The normalized spacial score (nSPS) is 10.8. The molecule has 0 saturated carbocycles. The van der Waals surface area contributed by atoms with Gasteiger partial charge in [0.15, 0.2) is 0 Å². The number of aromatic carboxylic acids is 1. The highest BCUT2D eigenvalue weighted by atomic mass is 16.5. The molecule has 1 N–H and O–H groups in total. The first-order valence-electron chi connectivity index (χ1n) is 5.46. The number of nitrogens with zero attached hydrogens (tertiary/aromatic N) is 1. The molecule has 0 atom stereocenters. The molecule has 0 unspecified atom stereocenters. The zero-order chi connectivity index (χ0) is 13.1. The van der Waals surface area contributed by atoms with Crippen molar-refractivity contribution in [1.82, 2.24) is 4.98 Å². The van der Waals surface area contributed by atoms with E-state index in [0.717, 1.165) is 0 Å². The van der Waals surface area contributed by atoms with Crippen molar-refractivity contribution in [3.8, 4) is 11.5 Å². The second kappa shape index (κ2) is 5.05. The molecule has 0 aliphatic heterocycles. The molecular weight excluding hydrogens is 238 g/mol. The fourth-order valence-corrected chi connectivity index (χ4v) is 1.67. The van der Waals surface area contributed by atoms with Gasteiger partial charge in [-0.1, -0.05) is 6.92 Å². The number of aromatic nitrogens is 1. The predicted molar refractivity (Wildman–Crippen MR) is 61.3 cm³/mol. The molecule has 0 spiro atoms. The van der Waals surface area contributed by atoms with Gasteiger partial charge < -0.3 is 18.7 Å². The molecule has 2 aromatic heterocycles. The number of furan rings is 1. The van der Waals surface area contributed by atoms with Crippen LogP contribution >= 0.6 is 0 Å². The van der Waals surface area contributed by atoms with Crippen molar-refractivity contribution in [2.24, 2.45) is 0 Å². The number of aryl methyl sites for hydroxylation is 1. The van der Waals surface area contributed by atoms with Gasteiger partial charge in [-0.25, -0.2) is 9.78 Å². The Hall–Kier alpha value is -2.08. The van der Waals surface area contributed by atoms with E-state index in [1.807, 2.05) is 6.92 Å². The van der Waals surface area contributed by atoms with Crippen LogP contribution in [0.3, 0.4) is 0 Å². The van der Waals surface area contributed by atoms with Gasteiger partial charge in [-0.3, -0.25) is 0 Å². The summed E-state index contributed by atoms with van der Waals surface area (Å²) in [5, 5.41) is 9.02. The zero-order valence-electron chi connectivity index (χ0n) is 10.1. The molecule has 2 rings (SSSR count). The first-order valence-corrected chi connectivity index (χ1v) is 5.46. The molecule has 2 aromatic rings. The van der Waals surface area contributed by atoms with Gasteiger partial charge in [0.05, 0.1) is 18.4 Å². The highest BCUT2D eigenvalue weighted by Gasteiger charge is 2.22. The van der Waals surface area contributed by atoms with E-state index in [-0.39, 0.29) is 24.0 Å². The van der Waals surface area contributed by atoms with Crippen molar-refractivity contribution in [3.63, 3.8) is 0 Å². The molecule has 0 saturated heterocycles. The molecule has 6 nitrogen and oxygen atoms in total. The maximum Gasteiger partial charge on any atom is 0.373 e. The van der Waals surface area contributed by atoms with E-state index in [4.69, 9.17) is 18.7 Å². The highest BCUT2D eigenvalue weighted by Crippen LogP contribution is 2.27. The summed E-state index contributed by atoms with van der Waals surface area (Å²) in [6, 6.07) is 1.70. The highest BCUT2D eigenvalue weighted by molar-refractivity contribution is 5.86. The summed E-state index contributed by atoms with van der Waals surface area (Å²) in [6.45, 7) is 2.02. The summed E-state index contributed by atoms with van der Waals surface area (Å²) < 4.78 is 15.4. The van der Waals surface area contributed by atoms with E-state index >= 15 is 0 Å². The van der Waals surface area contributed by atoms with Crippen LogP contribution in [0.25, 0.3) is 11.5 Å². The molecule has 6 heteroatoms. The van der Waals surface area contributed by atoms with Crippen molar-refractivity contribution >= 4 is 5.97 Å². The Kier molecular flexibility index (Phi) is 3.47.